The predicted octanol–water partition coefficient (Wildman–Crippen LogP) is 5.46. The minimum Gasteiger partial charge on any atom is -0.497 e. The Balaban J connectivity index is 2.23. The van der Waals surface area contributed by atoms with Crippen LogP contribution >= 0.6 is 0 Å². The van der Waals surface area contributed by atoms with Gasteiger partial charge in [0.15, 0.2) is 0 Å². The molecule has 0 saturated carbocycles. The van der Waals surface area contributed by atoms with Gasteiger partial charge in [0, 0.05) is 12.4 Å². The number of hydrogen-bond acceptors (Lipinski definition) is 2. The van der Waals surface area contributed by atoms with E-state index in [1.165, 1.54) is 27.8 Å². The minimum absolute atomic E-state index is 0.866. The van der Waals surface area contributed by atoms with Crippen molar-refractivity contribution in [3.63, 3.8) is 0 Å². The molecule has 3 aromatic rings. The fraction of sp³-hybridized carbons (Fsp3) is 0.136. The maximum atomic E-state index is 5.30. The molecule has 0 saturated heterocycles. The second-order valence-corrected chi connectivity index (χ2v) is 5.54. The zero-order chi connectivity index (χ0) is 16.8. The largest absolute Gasteiger partial charge is 0.497 e. The molecule has 0 N–H and O–H groups in total. The Labute approximate surface area is 143 Å². The Morgan fingerprint density at radius 1 is 0.792 bits per heavy atom. The molecular weight excluding hydrogens is 294 g/mol. The van der Waals surface area contributed by atoms with Gasteiger partial charge in [-0.2, -0.15) is 0 Å². The molecular formula is C22H21NO. The number of ether oxygens (including phenoxy) is 1. The van der Waals surface area contributed by atoms with Gasteiger partial charge in [0.25, 0.3) is 0 Å². The molecule has 120 valence electrons. The molecule has 2 aromatic carbocycles. The Morgan fingerprint density at radius 3 is 2.00 bits per heavy atom. The Hall–Kier alpha value is -2.87. The van der Waals surface area contributed by atoms with Crippen molar-refractivity contribution in [2.45, 2.75) is 13.3 Å². The maximum Gasteiger partial charge on any atom is 0.118 e. The number of pyridine rings is 1. The quantitative estimate of drug-likeness (QED) is 0.583. The summed E-state index contributed by atoms with van der Waals surface area (Å²) < 4.78 is 5.30. The van der Waals surface area contributed by atoms with Crippen LogP contribution in [0.3, 0.4) is 0 Å². The van der Waals surface area contributed by atoms with E-state index in [-0.39, 0.29) is 0 Å². The van der Waals surface area contributed by atoms with E-state index in [0.717, 1.165) is 12.2 Å². The summed E-state index contributed by atoms with van der Waals surface area (Å²) in [6.07, 6.45) is 4.64. The van der Waals surface area contributed by atoms with Crippen LogP contribution in [0.1, 0.15) is 30.0 Å². The smallest absolute Gasteiger partial charge is 0.118 e. The summed E-state index contributed by atoms with van der Waals surface area (Å²) in [5.74, 6) is 0.866. The average Bonchev–Trinajstić information content (AvgIpc) is 2.67. The molecule has 0 unspecified atom stereocenters. The monoisotopic (exact) mass is 315 g/mol. The zero-order valence-corrected chi connectivity index (χ0v) is 14.1. The fourth-order valence-electron chi connectivity index (χ4n) is 2.96. The Bertz CT molecular complexity index is 806. The van der Waals surface area contributed by atoms with Crippen LogP contribution in [-0.4, -0.2) is 12.1 Å². The first-order valence-electron chi connectivity index (χ1n) is 8.17. The van der Waals surface area contributed by atoms with Crippen molar-refractivity contribution in [1.29, 1.82) is 0 Å². The highest BCUT2D eigenvalue weighted by Crippen LogP contribution is 2.34. The molecule has 0 aliphatic heterocycles. The molecule has 0 aliphatic carbocycles. The van der Waals surface area contributed by atoms with Gasteiger partial charge in [0.2, 0.25) is 0 Å². The highest BCUT2D eigenvalue weighted by atomic mass is 16.5. The summed E-state index contributed by atoms with van der Waals surface area (Å²) in [4.78, 5) is 4.16. The lowest BCUT2D eigenvalue weighted by Gasteiger charge is -2.16. The summed E-state index contributed by atoms with van der Waals surface area (Å²) in [5.41, 5.74) is 6.18. The highest BCUT2D eigenvalue weighted by molar-refractivity contribution is 5.98. The topological polar surface area (TPSA) is 22.1 Å². The fourth-order valence-corrected chi connectivity index (χ4v) is 2.96. The second-order valence-electron chi connectivity index (χ2n) is 5.54. The minimum atomic E-state index is 0.866. The van der Waals surface area contributed by atoms with E-state index >= 15 is 0 Å². The Kier molecular flexibility index (Phi) is 5.07. The molecule has 0 amide bonds. The maximum absolute atomic E-state index is 5.30. The number of aromatic nitrogens is 1. The van der Waals surface area contributed by atoms with E-state index in [2.05, 4.69) is 66.5 Å². The number of hydrogen-bond donors (Lipinski definition) is 0. The predicted molar refractivity (Wildman–Crippen MR) is 99.9 cm³/mol. The summed E-state index contributed by atoms with van der Waals surface area (Å²) >= 11 is 0. The number of nitrogens with zero attached hydrogens (tertiary/aromatic N) is 1. The van der Waals surface area contributed by atoms with E-state index in [1.54, 1.807) is 7.11 Å². The van der Waals surface area contributed by atoms with Crippen molar-refractivity contribution in [2.24, 2.45) is 0 Å². The molecule has 0 bridgehead atoms. The van der Waals surface area contributed by atoms with E-state index in [0.29, 0.717) is 0 Å². The lowest BCUT2D eigenvalue weighted by Crippen LogP contribution is -1.95. The standard InChI is InChI=1S/C22H21NO/c1-3-21(17-7-5-4-6-8-17)22(19-13-15-23-16-14-19)18-9-11-20(24-2)12-10-18/h4-16H,3H2,1-2H3/b22-21+. The van der Waals surface area contributed by atoms with Gasteiger partial charge >= 0.3 is 0 Å². The average molecular weight is 315 g/mol. The third-order valence-electron chi connectivity index (χ3n) is 4.13. The summed E-state index contributed by atoms with van der Waals surface area (Å²) in [6.45, 7) is 2.20. The molecule has 0 radical (unpaired) electrons. The van der Waals surface area contributed by atoms with Gasteiger partial charge in [-0.25, -0.2) is 0 Å². The first-order chi connectivity index (χ1) is 11.8. The van der Waals surface area contributed by atoms with Gasteiger partial charge in [0.05, 0.1) is 7.11 Å². The van der Waals surface area contributed by atoms with Crippen molar-refractivity contribution < 1.29 is 4.74 Å². The van der Waals surface area contributed by atoms with E-state index < -0.39 is 0 Å². The van der Waals surface area contributed by atoms with Crippen LogP contribution < -0.4 is 4.74 Å². The summed E-state index contributed by atoms with van der Waals surface area (Å²) in [7, 11) is 1.69. The van der Waals surface area contributed by atoms with Crippen LogP contribution in [-0.2, 0) is 0 Å². The van der Waals surface area contributed by atoms with Crippen molar-refractivity contribution in [3.8, 4) is 5.75 Å². The van der Waals surface area contributed by atoms with Crippen LogP contribution in [0.15, 0.2) is 79.1 Å². The summed E-state index contributed by atoms with van der Waals surface area (Å²) in [5, 5.41) is 0. The van der Waals surface area contributed by atoms with Crippen LogP contribution in [0.25, 0.3) is 11.1 Å². The molecule has 0 fully saturated rings. The lowest BCUT2D eigenvalue weighted by molar-refractivity contribution is 0.415. The second kappa shape index (κ2) is 7.60. The Morgan fingerprint density at radius 2 is 1.42 bits per heavy atom. The van der Waals surface area contributed by atoms with Gasteiger partial charge in [-0.05, 0) is 58.5 Å². The number of methoxy groups -OCH3 is 1. The molecule has 2 heteroatoms. The van der Waals surface area contributed by atoms with E-state index in [9.17, 15) is 0 Å². The van der Waals surface area contributed by atoms with Gasteiger partial charge in [0.1, 0.15) is 5.75 Å². The van der Waals surface area contributed by atoms with E-state index in [1.807, 2.05) is 24.5 Å². The van der Waals surface area contributed by atoms with Crippen LogP contribution in [0, 0.1) is 0 Å². The zero-order valence-electron chi connectivity index (χ0n) is 14.1. The highest BCUT2D eigenvalue weighted by Gasteiger charge is 2.12. The summed E-state index contributed by atoms with van der Waals surface area (Å²) in [6, 6.07) is 23.0. The first-order valence-corrected chi connectivity index (χ1v) is 8.17. The molecule has 1 heterocycles. The van der Waals surface area contributed by atoms with Gasteiger partial charge in [-0.15, -0.1) is 0 Å². The first kappa shape index (κ1) is 16.0. The molecule has 2 nitrogen and oxygen atoms in total. The number of rotatable bonds is 5. The third kappa shape index (κ3) is 3.38. The molecule has 0 atom stereocenters. The lowest BCUT2D eigenvalue weighted by atomic mass is 9.88. The van der Waals surface area contributed by atoms with Crippen molar-refractivity contribution in [3.05, 3.63) is 95.8 Å². The van der Waals surface area contributed by atoms with Crippen LogP contribution in [0.4, 0.5) is 0 Å². The third-order valence-corrected chi connectivity index (χ3v) is 4.13. The molecule has 1 aromatic heterocycles. The molecule has 0 aliphatic rings. The number of benzene rings is 2. The van der Waals surface area contributed by atoms with Crippen molar-refractivity contribution >= 4 is 11.1 Å². The van der Waals surface area contributed by atoms with Crippen molar-refractivity contribution in [1.82, 2.24) is 4.98 Å². The SMILES string of the molecule is CC/C(=C(\c1ccncc1)c1ccc(OC)cc1)c1ccccc1. The van der Waals surface area contributed by atoms with E-state index in [4.69, 9.17) is 4.74 Å². The molecule has 0 spiro atoms. The number of allylic oxidation sites excluding steroid dienone is 1. The van der Waals surface area contributed by atoms with Gasteiger partial charge in [-0.1, -0.05) is 49.4 Å². The van der Waals surface area contributed by atoms with Gasteiger partial charge in [-0.3, -0.25) is 4.98 Å². The van der Waals surface area contributed by atoms with Crippen molar-refractivity contribution in [2.75, 3.05) is 7.11 Å². The van der Waals surface area contributed by atoms with Gasteiger partial charge < -0.3 is 4.74 Å². The normalized spacial score (nSPS) is 11.8. The molecule has 3 rings (SSSR count). The van der Waals surface area contributed by atoms with Crippen LogP contribution in [0.2, 0.25) is 0 Å². The molecule has 24 heavy (non-hydrogen) atoms. The van der Waals surface area contributed by atoms with Crippen LogP contribution in [0.5, 0.6) is 5.75 Å².